The first-order chi connectivity index (χ1) is 13.3. The highest BCUT2D eigenvalue weighted by Gasteiger charge is 2.29. The monoisotopic (exact) mass is 379 g/mol. The molecule has 0 amide bonds. The third-order valence-electron chi connectivity index (χ3n) is 5.42. The van der Waals surface area contributed by atoms with Crippen LogP contribution in [0.3, 0.4) is 0 Å². The maximum atomic E-state index is 6.23. The highest BCUT2D eigenvalue weighted by atomic mass is 32.1. The SMILES string of the molecule is c1nc2cc(-c3ccc(OC4CCN([C]5CCCO5)CC4)cc3)ccc2s1. The Morgan fingerprint density at radius 3 is 2.63 bits per heavy atom. The molecule has 2 aliphatic rings. The van der Waals surface area contributed by atoms with Crippen molar-refractivity contribution in [3.63, 3.8) is 0 Å². The second kappa shape index (κ2) is 7.58. The molecule has 0 spiro atoms. The number of likely N-dealkylation sites (tertiary alicyclic amines) is 1. The van der Waals surface area contributed by atoms with Gasteiger partial charge in [-0.3, -0.25) is 4.90 Å². The first kappa shape index (κ1) is 17.2. The summed E-state index contributed by atoms with van der Waals surface area (Å²) in [6.45, 7) is 2.95. The molecule has 1 aromatic heterocycles. The largest absolute Gasteiger partial charge is 0.490 e. The van der Waals surface area contributed by atoms with Crippen LogP contribution in [0.2, 0.25) is 0 Å². The van der Waals surface area contributed by atoms with Crippen molar-refractivity contribution in [3.05, 3.63) is 54.2 Å². The fraction of sp³-hybridized carbons (Fsp3) is 0.364. The van der Waals surface area contributed by atoms with Crippen molar-refractivity contribution in [2.24, 2.45) is 0 Å². The van der Waals surface area contributed by atoms with Crippen LogP contribution in [0.15, 0.2) is 48.0 Å². The molecule has 0 atom stereocenters. The molecule has 2 aromatic carbocycles. The summed E-state index contributed by atoms with van der Waals surface area (Å²) in [5, 5.41) is 0. The molecule has 5 rings (SSSR count). The van der Waals surface area contributed by atoms with Crippen LogP contribution in [-0.2, 0) is 4.74 Å². The fourth-order valence-electron chi connectivity index (χ4n) is 3.91. The lowest BCUT2D eigenvalue weighted by Crippen LogP contribution is -2.40. The van der Waals surface area contributed by atoms with Crippen molar-refractivity contribution in [3.8, 4) is 16.9 Å². The van der Waals surface area contributed by atoms with Gasteiger partial charge < -0.3 is 9.47 Å². The molecule has 3 heterocycles. The molecule has 139 valence electrons. The van der Waals surface area contributed by atoms with Crippen LogP contribution in [0.5, 0.6) is 5.75 Å². The Bertz CT molecular complexity index is 894. The molecule has 0 aliphatic carbocycles. The fourth-order valence-corrected chi connectivity index (χ4v) is 4.57. The Balaban J connectivity index is 1.20. The van der Waals surface area contributed by atoms with E-state index < -0.39 is 0 Å². The van der Waals surface area contributed by atoms with Gasteiger partial charge in [0.1, 0.15) is 11.9 Å². The van der Waals surface area contributed by atoms with Crippen LogP contribution in [0.4, 0.5) is 0 Å². The quantitative estimate of drug-likeness (QED) is 0.631. The van der Waals surface area contributed by atoms with Crippen molar-refractivity contribution in [1.82, 2.24) is 9.88 Å². The molecule has 5 heteroatoms. The van der Waals surface area contributed by atoms with Crippen molar-refractivity contribution < 1.29 is 9.47 Å². The summed E-state index contributed by atoms with van der Waals surface area (Å²) in [6.07, 6.45) is 5.84. The van der Waals surface area contributed by atoms with E-state index >= 15 is 0 Å². The van der Waals surface area contributed by atoms with Crippen LogP contribution >= 0.6 is 11.3 Å². The van der Waals surface area contributed by atoms with Gasteiger partial charge in [0.05, 0.1) is 15.7 Å². The first-order valence-electron chi connectivity index (χ1n) is 9.69. The highest BCUT2D eigenvalue weighted by Crippen LogP contribution is 2.30. The number of hydrogen-bond donors (Lipinski definition) is 0. The lowest BCUT2D eigenvalue weighted by atomic mass is 10.0. The van der Waals surface area contributed by atoms with Gasteiger partial charge in [0.2, 0.25) is 0 Å². The molecule has 0 bridgehead atoms. The molecule has 0 N–H and O–H groups in total. The van der Waals surface area contributed by atoms with Crippen LogP contribution in [0, 0.1) is 6.23 Å². The van der Waals surface area contributed by atoms with E-state index in [-0.39, 0.29) is 0 Å². The lowest BCUT2D eigenvalue weighted by Gasteiger charge is -2.34. The normalized spacial score (nSPS) is 19.7. The molecule has 2 aliphatic heterocycles. The molecule has 0 unspecified atom stereocenters. The summed E-state index contributed by atoms with van der Waals surface area (Å²) in [7, 11) is 0. The smallest absolute Gasteiger partial charge is 0.164 e. The Morgan fingerprint density at radius 1 is 1.04 bits per heavy atom. The van der Waals surface area contributed by atoms with Gasteiger partial charge in [0, 0.05) is 19.7 Å². The molecular formula is C22H23N2O2S. The van der Waals surface area contributed by atoms with E-state index in [9.17, 15) is 0 Å². The summed E-state index contributed by atoms with van der Waals surface area (Å²) in [4.78, 5) is 6.81. The number of fused-ring (bicyclic) bond motifs is 1. The number of thiazole rings is 1. The van der Waals surface area contributed by atoms with Gasteiger partial charge in [-0.05, 0) is 61.1 Å². The third-order valence-corrected chi connectivity index (χ3v) is 6.23. The van der Waals surface area contributed by atoms with Gasteiger partial charge in [0.15, 0.2) is 6.23 Å². The van der Waals surface area contributed by atoms with E-state index in [0.29, 0.717) is 6.10 Å². The van der Waals surface area contributed by atoms with Crippen molar-refractivity contribution in [2.75, 3.05) is 19.7 Å². The van der Waals surface area contributed by atoms with Gasteiger partial charge >= 0.3 is 0 Å². The standard InChI is InChI=1S/C22H23N2O2S/c1-2-22(25-13-1)24-11-9-19(10-12-24)26-18-6-3-16(4-7-18)17-5-8-21-20(14-17)23-15-27-21/h3-8,14-15,19H,1-2,9-13H2. The molecule has 0 saturated carbocycles. The van der Waals surface area contributed by atoms with E-state index in [1.807, 2.05) is 5.51 Å². The number of hydrogen-bond acceptors (Lipinski definition) is 5. The number of nitrogens with zero attached hydrogens (tertiary/aromatic N) is 2. The van der Waals surface area contributed by atoms with E-state index in [4.69, 9.17) is 9.47 Å². The molecule has 2 fully saturated rings. The minimum absolute atomic E-state index is 0.292. The molecule has 2 saturated heterocycles. The van der Waals surface area contributed by atoms with Gasteiger partial charge in [-0.15, -0.1) is 11.3 Å². The molecule has 3 aromatic rings. The van der Waals surface area contributed by atoms with E-state index in [0.717, 1.165) is 56.6 Å². The average Bonchev–Trinajstić information content (AvgIpc) is 3.41. The van der Waals surface area contributed by atoms with Crippen LogP contribution < -0.4 is 4.74 Å². The minimum Gasteiger partial charge on any atom is -0.490 e. The van der Waals surface area contributed by atoms with E-state index in [2.05, 4.69) is 52.3 Å². The number of piperidine rings is 1. The minimum atomic E-state index is 0.292. The van der Waals surface area contributed by atoms with E-state index in [1.165, 1.54) is 22.1 Å². The molecule has 1 radical (unpaired) electrons. The molecular weight excluding hydrogens is 356 g/mol. The van der Waals surface area contributed by atoms with Crippen molar-refractivity contribution >= 4 is 21.6 Å². The Hall–Kier alpha value is -1.95. The number of rotatable bonds is 4. The van der Waals surface area contributed by atoms with Crippen molar-refractivity contribution in [1.29, 1.82) is 0 Å². The average molecular weight is 380 g/mol. The summed E-state index contributed by atoms with van der Waals surface area (Å²) in [6, 6.07) is 14.9. The van der Waals surface area contributed by atoms with Crippen LogP contribution in [0.1, 0.15) is 25.7 Å². The summed E-state index contributed by atoms with van der Waals surface area (Å²) in [5.41, 5.74) is 5.35. The third kappa shape index (κ3) is 3.72. The molecule has 27 heavy (non-hydrogen) atoms. The van der Waals surface area contributed by atoms with Gasteiger partial charge in [-0.2, -0.15) is 0 Å². The number of ether oxygens (including phenoxy) is 2. The first-order valence-corrected chi connectivity index (χ1v) is 10.6. The summed E-state index contributed by atoms with van der Waals surface area (Å²) < 4.78 is 13.2. The predicted molar refractivity (Wildman–Crippen MR) is 109 cm³/mol. The summed E-state index contributed by atoms with van der Waals surface area (Å²) in [5.74, 6) is 0.955. The topological polar surface area (TPSA) is 34.6 Å². The lowest BCUT2D eigenvalue weighted by molar-refractivity contribution is 0.0300. The predicted octanol–water partition coefficient (Wildman–Crippen LogP) is 5.11. The van der Waals surface area contributed by atoms with Crippen LogP contribution in [-0.4, -0.2) is 35.7 Å². The second-order valence-electron chi connectivity index (χ2n) is 7.21. The maximum Gasteiger partial charge on any atom is 0.164 e. The zero-order valence-corrected chi connectivity index (χ0v) is 16.1. The maximum absolute atomic E-state index is 6.23. The Labute approximate surface area is 163 Å². The Morgan fingerprint density at radius 2 is 1.85 bits per heavy atom. The summed E-state index contributed by atoms with van der Waals surface area (Å²) >= 11 is 1.68. The Kier molecular flexibility index (Phi) is 4.82. The highest BCUT2D eigenvalue weighted by molar-refractivity contribution is 7.16. The number of aromatic nitrogens is 1. The van der Waals surface area contributed by atoms with Gasteiger partial charge in [-0.25, -0.2) is 4.98 Å². The number of benzene rings is 2. The van der Waals surface area contributed by atoms with Crippen molar-refractivity contribution in [2.45, 2.75) is 31.8 Å². The molecule has 4 nitrogen and oxygen atoms in total. The zero-order chi connectivity index (χ0) is 18.1. The van der Waals surface area contributed by atoms with Gasteiger partial charge in [0.25, 0.3) is 0 Å². The second-order valence-corrected chi connectivity index (χ2v) is 8.10. The van der Waals surface area contributed by atoms with Crippen LogP contribution in [0.25, 0.3) is 21.3 Å². The van der Waals surface area contributed by atoms with Gasteiger partial charge in [-0.1, -0.05) is 18.2 Å². The zero-order valence-electron chi connectivity index (χ0n) is 15.3. The van der Waals surface area contributed by atoms with E-state index in [1.54, 1.807) is 11.3 Å².